The molecule has 4 heteroatoms. The van der Waals surface area contributed by atoms with Crippen molar-refractivity contribution in [2.24, 2.45) is 0 Å². The Morgan fingerprint density at radius 3 is 2.83 bits per heavy atom. The van der Waals surface area contributed by atoms with Crippen LogP contribution in [0.2, 0.25) is 0 Å². The normalized spacial score (nSPS) is 20.8. The van der Waals surface area contributed by atoms with Crippen molar-refractivity contribution in [1.82, 2.24) is 10.2 Å². The van der Waals surface area contributed by atoms with Crippen LogP contribution in [0, 0.1) is 0 Å². The first kappa shape index (κ1) is 13.1. The molecule has 18 heavy (non-hydrogen) atoms. The predicted molar refractivity (Wildman–Crippen MR) is 70.5 cm³/mol. The SMILES string of the molecule is C[C@@H]1CNCCN1Cc1ccccc1CC(=O)O. The van der Waals surface area contributed by atoms with Crippen LogP contribution in [0.3, 0.4) is 0 Å². The summed E-state index contributed by atoms with van der Waals surface area (Å²) in [6.45, 7) is 6.06. The summed E-state index contributed by atoms with van der Waals surface area (Å²) < 4.78 is 0. The van der Waals surface area contributed by atoms with Crippen molar-refractivity contribution < 1.29 is 9.90 Å². The second kappa shape index (κ2) is 5.98. The minimum Gasteiger partial charge on any atom is -0.481 e. The molecule has 1 aromatic carbocycles. The van der Waals surface area contributed by atoms with Crippen molar-refractivity contribution >= 4 is 5.97 Å². The van der Waals surface area contributed by atoms with Crippen LogP contribution in [0.4, 0.5) is 0 Å². The summed E-state index contributed by atoms with van der Waals surface area (Å²) in [6.07, 6.45) is 0.108. The van der Waals surface area contributed by atoms with E-state index in [1.54, 1.807) is 0 Å². The van der Waals surface area contributed by atoms with Gasteiger partial charge in [0, 0.05) is 32.2 Å². The minimum atomic E-state index is -0.768. The molecule has 2 N–H and O–H groups in total. The van der Waals surface area contributed by atoms with Crippen LogP contribution in [-0.2, 0) is 17.8 Å². The minimum absolute atomic E-state index is 0.108. The zero-order valence-electron chi connectivity index (χ0n) is 10.7. The van der Waals surface area contributed by atoms with Gasteiger partial charge in [0.25, 0.3) is 0 Å². The van der Waals surface area contributed by atoms with Crippen molar-refractivity contribution in [2.45, 2.75) is 25.9 Å². The third-order valence-electron chi connectivity index (χ3n) is 3.47. The summed E-state index contributed by atoms with van der Waals surface area (Å²) in [5.41, 5.74) is 2.06. The Balaban J connectivity index is 2.10. The highest BCUT2D eigenvalue weighted by Gasteiger charge is 2.19. The number of nitrogens with one attached hydrogen (secondary N) is 1. The number of rotatable bonds is 4. The Hall–Kier alpha value is -1.39. The number of hydrogen-bond acceptors (Lipinski definition) is 3. The molecule has 0 amide bonds. The van der Waals surface area contributed by atoms with E-state index in [-0.39, 0.29) is 6.42 Å². The second-order valence-electron chi connectivity index (χ2n) is 4.86. The van der Waals surface area contributed by atoms with Gasteiger partial charge in [0.1, 0.15) is 0 Å². The number of carbonyl (C=O) groups is 1. The Kier molecular flexibility index (Phi) is 4.33. The Labute approximate surface area is 108 Å². The molecule has 0 bridgehead atoms. The molecular formula is C14H20N2O2. The third-order valence-corrected chi connectivity index (χ3v) is 3.47. The summed E-state index contributed by atoms with van der Waals surface area (Å²) in [5, 5.41) is 12.3. The highest BCUT2D eigenvalue weighted by molar-refractivity contribution is 5.70. The fraction of sp³-hybridized carbons (Fsp3) is 0.500. The van der Waals surface area contributed by atoms with Crippen LogP contribution in [0.1, 0.15) is 18.1 Å². The molecule has 1 saturated heterocycles. The molecule has 0 unspecified atom stereocenters. The van der Waals surface area contributed by atoms with Gasteiger partial charge in [-0.2, -0.15) is 0 Å². The highest BCUT2D eigenvalue weighted by atomic mass is 16.4. The Morgan fingerprint density at radius 2 is 2.17 bits per heavy atom. The van der Waals surface area contributed by atoms with Crippen LogP contribution in [-0.4, -0.2) is 41.7 Å². The molecule has 0 aliphatic carbocycles. The molecular weight excluding hydrogens is 228 g/mol. The summed E-state index contributed by atoms with van der Waals surface area (Å²) in [5.74, 6) is -0.768. The van der Waals surface area contributed by atoms with Crippen LogP contribution in [0.5, 0.6) is 0 Å². The van der Waals surface area contributed by atoms with Gasteiger partial charge >= 0.3 is 5.97 Å². The van der Waals surface area contributed by atoms with Gasteiger partial charge in [0.05, 0.1) is 6.42 Å². The molecule has 1 fully saturated rings. The zero-order valence-corrected chi connectivity index (χ0v) is 10.7. The van der Waals surface area contributed by atoms with Crippen LogP contribution >= 0.6 is 0 Å². The number of aliphatic carboxylic acids is 1. The molecule has 0 aromatic heterocycles. The molecule has 1 atom stereocenters. The van der Waals surface area contributed by atoms with E-state index in [9.17, 15) is 4.79 Å². The number of benzene rings is 1. The molecule has 0 saturated carbocycles. The van der Waals surface area contributed by atoms with E-state index in [1.165, 1.54) is 0 Å². The highest BCUT2D eigenvalue weighted by Crippen LogP contribution is 2.15. The molecule has 1 aliphatic heterocycles. The monoisotopic (exact) mass is 248 g/mol. The lowest BCUT2D eigenvalue weighted by Crippen LogP contribution is -2.49. The van der Waals surface area contributed by atoms with Gasteiger partial charge in [-0.1, -0.05) is 24.3 Å². The second-order valence-corrected chi connectivity index (χ2v) is 4.86. The lowest BCUT2D eigenvalue weighted by atomic mass is 10.0. The van der Waals surface area contributed by atoms with Crippen LogP contribution < -0.4 is 5.32 Å². The van der Waals surface area contributed by atoms with E-state index >= 15 is 0 Å². The van der Waals surface area contributed by atoms with Gasteiger partial charge in [-0.05, 0) is 18.1 Å². The number of carboxylic acid groups (broad SMARTS) is 1. The maximum absolute atomic E-state index is 10.9. The van der Waals surface area contributed by atoms with E-state index in [1.807, 2.05) is 24.3 Å². The fourth-order valence-electron chi connectivity index (χ4n) is 2.38. The predicted octanol–water partition coefficient (Wildman–Crippen LogP) is 1.11. The van der Waals surface area contributed by atoms with E-state index in [0.717, 1.165) is 37.3 Å². The van der Waals surface area contributed by atoms with Crippen molar-refractivity contribution in [3.63, 3.8) is 0 Å². The quantitative estimate of drug-likeness (QED) is 0.838. The topological polar surface area (TPSA) is 52.6 Å². The summed E-state index contributed by atoms with van der Waals surface area (Å²) in [4.78, 5) is 13.3. The van der Waals surface area contributed by atoms with Gasteiger partial charge in [-0.25, -0.2) is 0 Å². The maximum atomic E-state index is 10.9. The first-order chi connectivity index (χ1) is 8.66. The van der Waals surface area contributed by atoms with Crippen LogP contribution in [0.15, 0.2) is 24.3 Å². The Morgan fingerprint density at radius 1 is 1.44 bits per heavy atom. The van der Waals surface area contributed by atoms with Crippen LogP contribution in [0.25, 0.3) is 0 Å². The molecule has 2 rings (SSSR count). The maximum Gasteiger partial charge on any atom is 0.307 e. The van der Waals surface area contributed by atoms with Crippen molar-refractivity contribution in [3.8, 4) is 0 Å². The lowest BCUT2D eigenvalue weighted by molar-refractivity contribution is -0.136. The molecule has 1 heterocycles. The Bertz CT molecular complexity index is 420. The van der Waals surface area contributed by atoms with E-state index in [2.05, 4.69) is 17.1 Å². The number of piperazine rings is 1. The average molecular weight is 248 g/mol. The summed E-state index contributed by atoms with van der Waals surface area (Å²) in [6, 6.07) is 8.33. The number of hydrogen-bond donors (Lipinski definition) is 2. The lowest BCUT2D eigenvalue weighted by Gasteiger charge is -2.34. The van der Waals surface area contributed by atoms with E-state index in [4.69, 9.17) is 5.11 Å². The van der Waals surface area contributed by atoms with E-state index in [0.29, 0.717) is 6.04 Å². The van der Waals surface area contributed by atoms with Gasteiger partial charge < -0.3 is 10.4 Å². The largest absolute Gasteiger partial charge is 0.481 e. The first-order valence-corrected chi connectivity index (χ1v) is 6.40. The number of carboxylic acids is 1. The van der Waals surface area contributed by atoms with Crippen molar-refractivity contribution in [3.05, 3.63) is 35.4 Å². The molecule has 98 valence electrons. The van der Waals surface area contributed by atoms with Gasteiger partial charge in [-0.3, -0.25) is 9.69 Å². The average Bonchev–Trinajstić information content (AvgIpc) is 2.34. The van der Waals surface area contributed by atoms with Crippen molar-refractivity contribution in [1.29, 1.82) is 0 Å². The van der Waals surface area contributed by atoms with Crippen molar-refractivity contribution in [2.75, 3.05) is 19.6 Å². The first-order valence-electron chi connectivity index (χ1n) is 6.40. The molecule has 0 spiro atoms. The molecule has 4 nitrogen and oxygen atoms in total. The fourth-order valence-corrected chi connectivity index (χ4v) is 2.38. The third kappa shape index (κ3) is 3.31. The van der Waals surface area contributed by atoms with Gasteiger partial charge in [0.15, 0.2) is 0 Å². The zero-order chi connectivity index (χ0) is 13.0. The van der Waals surface area contributed by atoms with Gasteiger partial charge in [0.2, 0.25) is 0 Å². The van der Waals surface area contributed by atoms with E-state index < -0.39 is 5.97 Å². The molecule has 0 radical (unpaired) electrons. The number of nitrogens with zero attached hydrogens (tertiary/aromatic N) is 1. The molecule has 1 aliphatic rings. The van der Waals surface area contributed by atoms with Gasteiger partial charge in [-0.15, -0.1) is 0 Å². The smallest absolute Gasteiger partial charge is 0.307 e. The molecule has 1 aromatic rings. The summed E-state index contributed by atoms with van der Waals surface area (Å²) in [7, 11) is 0. The standard InChI is InChI=1S/C14H20N2O2/c1-11-9-15-6-7-16(11)10-13-5-3-2-4-12(13)8-14(17)18/h2-5,11,15H,6-10H2,1H3,(H,17,18)/t11-/m1/s1. The summed E-state index contributed by atoms with van der Waals surface area (Å²) >= 11 is 0.